The summed E-state index contributed by atoms with van der Waals surface area (Å²) >= 11 is 0. The summed E-state index contributed by atoms with van der Waals surface area (Å²) in [4.78, 5) is 18.4. The third-order valence-electron chi connectivity index (χ3n) is 3.12. The number of rotatable bonds is 2. The number of hydrogen-bond acceptors (Lipinski definition) is 3. The summed E-state index contributed by atoms with van der Waals surface area (Å²) in [5.74, 6) is 5.46. The first-order chi connectivity index (χ1) is 10.1. The summed E-state index contributed by atoms with van der Waals surface area (Å²) in [5.41, 5.74) is 8.19. The van der Waals surface area contributed by atoms with Crippen LogP contribution in [0, 0.1) is 18.8 Å². The molecule has 2 N–H and O–H groups in total. The van der Waals surface area contributed by atoms with Gasteiger partial charge in [0.25, 0.3) is 5.91 Å². The number of carbonyl (C=O) groups is 1. The molecule has 0 fully saturated rings. The van der Waals surface area contributed by atoms with Gasteiger partial charge < -0.3 is 10.6 Å². The molecule has 2 rings (SSSR count). The molecule has 0 aliphatic carbocycles. The highest BCUT2D eigenvalue weighted by atomic mass is 16.2. The number of pyridine rings is 1. The van der Waals surface area contributed by atoms with E-state index >= 15 is 0 Å². The van der Waals surface area contributed by atoms with Crippen LogP contribution in [0.5, 0.6) is 0 Å². The Morgan fingerprint density at radius 1 is 1.29 bits per heavy atom. The summed E-state index contributed by atoms with van der Waals surface area (Å²) in [6.07, 6.45) is 1.59. The highest BCUT2D eigenvalue weighted by molar-refractivity contribution is 6.06. The molecule has 0 radical (unpaired) electrons. The van der Waals surface area contributed by atoms with Gasteiger partial charge in [0.15, 0.2) is 0 Å². The van der Waals surface area contributed by atoms with Gasteiger partial charge in [-0.2, -0.15) is 0 Å². The first-order valence-electron chi connectivity index (χ1n) is 6.62. The van der Waals surface area contributed by atoms with Crippen LogP contribution in [0.2, 0.25) is 0 Å². The zero-order chi connectivity index (χ0) is 15.2. The summed E-state index contributed by atoms with van der Waals surface area (Å²) in [5, 5.41) is 0. The van der Waals surface area contributed by atoms with Crippen LogP contribution in [0.25, 0.3) is 0 Å². The lowest BCUT2D eigenvalue weighted by Crippen LogP contribution is -2.28. The van der Waals surface area contributed by atoms with Crippen molar-refractivity contribution in [2.24, 2.45) is 5.73 Å². The summed E-state index contributed by atoms with van der Waals surface area (Å²) in [6.45, 7) is 2.21. The Hall–Kier alpha value is -2.64. The number of aromatic nitrogens is 1. The van der Waals surface area contributed by atoms with Crippen LogP contribution >= 0.6 is 0 Å². The standard InChI is InChI=1S/C17H17N3O/c1-13-7-3-4-10-15(13)20(2)17(21)16-14(8-5-11-18)9-6-12-19-16/h3-4,6-7,9-10,12H,11,18H2,1-2H3. The van der Waals surface area contributed by atoms with Gasteiger partial charge in [0.05, 0.1) is 12.1 Å². The maximum absolute atomic E-state index is 12.6. The van der Waals surface area contributed by atoms with Gasteiger partial charge in [0, 0.05) is 18.9 Å². The van der Waals surface area contributed by atoms with Crippen molar-refractivity contribution in [2.75, 3.05) is 18.5 Å². The molecule has 1 heterocycles. The Labute approximate surface area is 124 Å². The highest BCUT2D eigenvalue weighted by Gasteiger charge is 2.18. The molecule has 0 spiro atoms. The molecule has 4 nitrogen and oxygen atoms in total. The Kier molecular flexibility index (Phi) is 4.70. The van der Waals surface area contributed by atoms with E-state index in [9.17, 15) is 4.79 Å². The van der Waals surface area contributed by atoms with E-state index < -0.39 is 0 Å². The fourth-order valence-electron chi connectivity index (χ4n) is 2.03. The molecular weight excluding hydrogens is 262 g/mol. The molecule has 0 atom stereocenters. The van der Waals surface area contributed by atoms with Crippen LogP contribution in [-0.2, 0) is 0 Å². The summed E-state index contributed by atoms with van der Waals surface area (Å²) < 4.78 is 0. The average molecular weight is 279 g/mol. The van der Waals surface area contributed by atoms with E-state index in [1.165, 1.54) is 0 Å². The zero-order valence-electron chi connectivity index (χ0n) is 12.1. The molecule has 0 aliphatic rings. The predicted octanol–water partition coefficient (Wildman–Crippen LogP) is 1.98. The fraction of sp³-hybridized carbons (Fsp3) is 0.176. The van der Waals surface area contributed by atoms with Crippen LogP contribution in [0.1, 0.15) is 21.6 Å². The predicted molar refractivity (Wildman–Crippen MR) is 84.1 cm³/mol. The molecule has 1 aromatic heterocycles. The molecule has 106 valence electrons. The minimum absolute atomic E-state index is 0.189. The van der Waals surface area contributed by atoms with Crippen molar-refractivity contribution < 1.29 is 4.79 Å². The third kappa shape index (κ3) is 3.28. The van der Waals surface area contributed by atoms with Crippen molar-refractivity contribution in [2.45, 2.75) is 6.92 Å². The van der Waals surface area contributed by atoms with Gasteiger partial charge in [-0.15, -0.1) is 0 Å². The summed E-state index contributed by atoms with van der Waals surface area (Å²) in [7, 11) is 1.74. The number of benzene rings is 1. The van der Waals surface area contributed by atoms with Gasteiger partial charge in [-0.1, -0.05) is 30.0 Å². The zero-order valence-corrected chi connectivity index (χ0v) is 12.1. The van der Waals surface area contributed by atoms with Gasteiger partial charge >= 0.3 is 0 Å². The number of nitrogens with zero attached hydrogens (tertiary/aromatic N) is 2. The van der Waals surface area contributed by atoms with Gasteiger partial charge in [-0.3, -0.25) is 4.79 Å². The molecule has 4 heteroatoms. The van der Waals surface area contributed by atoms with Crippen LogP contribution in [0.3, 0.4) is 0 Å². The maximum Gasteiger partial charge on any atom is 0.277 e. The number of amides is 1. The molecule has 2 aromatic rings. The second kappa shape index (κ2) is 6.69. The molecule has 0 unspecified atom stereocenters. The topological polar surface area (TPSA) is 59.2 Å². The van der Waals surface area contributed by atoms with E-state index in [1.807, 2.05) is 31.2 Å². The van der Waals surface area contributed by atoms with E-state index in [4.69, 9.17) is 5.73 Å². The smallest absolute Gasteiger partial charge is 0.277 e. The van der Waals surface area contributed by atoms with Crippen LogP contribution in [-0.4, -0.2) is 24.5 Å². The number of anilines is 1. The van der Waals surface area contributed by atoms with Crippen molar-refractivity contribution >= 4 is 11.6 Å². The first kappa shape index (κ1) is 14.8. The van der Waals surface area contributed by atoms with Crippen molar-refractivity contribution in [3.8, 4) is 11.8 Å². The van der Waals surface area contributed by atoms with Gasteiger partial charge in [-0.25, -0.2) is 4.98 Å². The highest BCUT2D eigenvalue weighted by Crippen LogP contribution is 2.20. The Balaban J connectivity index is 2.39. The van der Waals surface area contributed by atoms with Crippen molar-refractivity contribution in [1.29, 1.82) is 0 Å². The third-order valence-corrected chi connectivity index (χ3v) is 3.12. The monoisotopic (exact) mass is 279 g/mol. The Morgan fingerprint density at radius 3 is 2.76 bits per heavy atom. The number of aryl methyl sites for hydroxylation is 1. The van der Waals surface area contributed by atoms with Crippen LogP contribution in [0.4, 0.5) is 5.69 Å². The molecule has 0 saturated carbocycles. The van der Waals surface area contributed by atoms with Gasteiger partial charge in [0.1, 0.15) is 5.69 Å². The molecule has 0 saturated heterocycles. The lowest BCUT2D eigenvalue weighted by Gasteiger charge is -2.19. The van der Waals surface area contributed by atoms with Crippen molar-refractivity contribution in [1.82, 2.24) is 4.98 Å². The minimum atomic E-state index is -0.189. The SMILES string of the molecule is Cc1ccccc1N(C)C(=O)c1ncccc1C#CCN. The quantitative estimate of drug-likeness (QED) is 0.855. The van der Waals surface area contributed by atoms with Crippen LogP contribution in [0.15, 0.2) is 42.6 Å². The largest absolute Gasteiger partial charge is 0.320 e. The second-order valence-corrected chi connectivity index (χ2v) is 4.56. The Morgan fingerprint density at radius 2 is 2.05 bits per heavy atom. The maximum atomic E-state index is 12.6. The van der Waals surface area contributed by atoms with E-state index in [-0.39, 0.29) is 12.5 Å². The normalized spacial score (nSPS) is 9.67. The van der Waals surface area contributed by atoms with Crippen molar-refractivity contribution in [3.63, 3.8) is 0 Å². The van der Waals surface area contributed by atoms with Crippen molar-refractivity contribution in [3.05, 3.63) is 59.4 Å². The number of hydrogen-bond donors (Lipinski definition) is 1. The minimum Gasteiger partial charge on any atom is -0.320 e. The molecule has 0 bridgehead atoms. The lowest BCUT2D eigenvalue weighted by atomic mass is 10.1. The van der Waals surface area contributed by atoms with E-state index in [2.05, 4.69) is 16.8 Å². The Bertz CT molecular complexity index is 713. The van der Waals surface area contributed by atoms with E-state index in [1.54, 1.807) is 30.3 Å². The number of nitrogens with two attached hydrogens (primary N) is 1. The fourth-order valence-corrected chi connectivity index (χ4v) is 2.03. The summed E-state index contributed by atoms with van der Waals surface area (Å²) in [6, 6.07) is 11.2. The van der Waals surface area contributed by atoms with E-state index in [0.29, 0.717) is 11.3 Å². The number of para-hydroxylation sites is 1. The lowest BCUT2D eigenvalue weighted by molar-refractivity contribution is 0.0988. The van der Waals surface area contributed by atoms with Gasteiger partial charge in [-0.05, 0) is 30.7 Å². The van der Waals surface area contributed by atoms with Crippen LogP contribution < -0.4 is 10.6 Å². The molecular formula is C17H17N3O. The molecule has 1 amide bonds. The van der Waals surface area contributed by atoms with Gasteiger partial charge in [0.2, 0.25) is 0 Å². The van der Waals surface area contributed by atoms with E-state index in [0.717, 1.165) is 11.3 Å². The average Bonchev–Trinajstić information content (AvgIpc) is 2.52. The molecule has 1 aromatic carbocycles. The molecule has 0 aliphatic heterocycles. The first-order valence-corrected chi connectivity index (χ1v) is 6.62. The second-order valence-electron chi connectivity index (χ2n) is 4.56. The molecule has 21 heavy (non-hydrogen) atoms. The number of carbonyl (C=O) groups excluding carboxylic acids is 1.